The lowest BCUT2D eigenvalue weighted by Gasteiger charge is -2.16. The smallest absolute Gasteiger partial charge is 0.332 e. The zero-order valence-electron chi connectivity index (χ0n) is 9.15. The van der Waals surface area contributed by atoms with E-state index in [0.717, 1.165) is 5.70 Å². The summed E-state index contributed by atoms with van der Waals surface area (Å²) in [6.07, 6.45) is 5.59. The summed E-state index contributed by atoms with van der Waals surface area (Å²) in [4.78, 5) is 12.8. The number of aliphatic carboxylic acids is 1. The Bertz CT molecular complexity index is 351. The van der Waals surface area contributed by atoms with Crippen molar-refractivity contribution < 1.29 is 14.6 Å². The molecule has 0 saturated heterocycles. The van der Waals surface area contributed by atoms with Gasteiger partial charge in [-0.1, -0.05) is 0 Å². The van der Waals surface area contributed by atoms with Crippen LogP contribution in [0.15, 0.2) is 35.3 Å². The van der Waals surface area contributed by atoms with Gasteiger partial charge in [0.05, 0.1) is 7.11 Å². The normalized spacial score (nSPS) is 15.8. The van der Waals surface area contributed by atoms with E-state index in [4.69, 9.17) is 9.84 Å². The van der Waals surface area contributed by atoms with Crippen molar-refractivity contribution in [2.75, 3.05) is 21.2 Å². The summed E-state index contributed by atoms with van der Waals surface area (Å²) in [5.41, 5.74) is 1.27. The van der Waals surface area contributed by atoms with Gasteiger partial charge in [-0.2, -0.15) is 0 Å². The van der Waals surface area contributed by atoms with Crippen LogP contribution in [-0.4, -0.2) is 37.2 Å². The van der Waals surface area contributed by atoms with Gasteiger partial charge in [-0.3, -0.25) is 0 Å². The number of allylic oxidation sites excluding steroid dienone is 4. The van der Waals surface area contributed by atoms with Crippen LogP contribution < -0.4 is 0 Å². The lowest BCUT2D eigenvalue weighted by atomic mass is 10.1. The molecule has 0 bridgehead atoms. The number of hydrogen-bond donors (Lipinski definition) is 1. The molecule has 0 aromatic rings. The molecule has 1 rings (SSSR count). The van der Waals surface area contributed by atoms with Gasteiger partial charge < -0.3 is 14.7 Å². The number of carbonyl (C=O) groups is 1. The van der Waals surface area contributed by atoms with E-state index in [1.54, 1.807) is 12.2 Å². The summed E-state index contributed by atoms with van der Waals surface area (Å²) >= 11 is 0. The number of carboxylic acid groups (broad SMARTS) is 1. The van der Waals surface area contributed by atoms with Crippen molar-refractivity contribution in [3.05, 3.63) is 35.3 Å². The van der Waals surface area contributed by atoms with Gasteiger partial charge in [-0.05, 0) is 18.2 Å². The van der Waals surface area contributed by atoms with Crippen LogP contribution in [0, 0.1) is 0 Å². The molecule has 0 aromatic carbocycles. The Hall–Kier alpha value is -1.71. The second kappa shape index (κ2) is 4.68. The van der Waals surface area contributed by atoms with Crippen LogP contribution in [0.5, 0.6) is 0 Å². The van der Waals surface area contributed by atoms with Crippen molar-refractivity contribution in [3.63, 3.8) is 0 Å². The van der Waals surface area contributed by atoms with Crippen molar-refractivity contribution in [1.29, 1.82) is 0 Å². The molecule has 82 valence electrons. The fourth-order valence-corrected chi connectivity index (χ4v) is 1.27. The third-order valence-electron chi connectivity index (χ3n) is 2.21. The maximum Gasteiger partial charge on any atom is 0.332 e. The van der Waals surface area contributed by atoms with Gasteiger partial charge in [-0.15, -0.1) is 0 Å². The summed E-state index contributed by atoms with van der Waals surface area (Å²) in [5.74, 6) is -0.350. The van der Waals surface area contributed by atoms with E-state index in [1.807, 2.05) is 25.1 Å². The molecule has 4 heteroatoms. The lowest BCUT2D eigenvalue weighted by molar-refractivity contribution is -0.132. The summed E-state index contributed by atoms with van der Waals surface area (Å²) < 4.78 is 5.04. The van der Waals surface area contributed by atoms with Gasteiger partial charge in [0.1, 0.15) is 5.76 Å². The second-order valence-corrected chi connectivity index (χ2v) is 3.48. The van der Waals surface area contributed by atoms with E-state index in [-0.39, 0.29) is 0 Å². The Labute approximate surface area is 89.1 Å². The molecule has 0 atom stereocenters. The van der Waals surface area contributed by atoms with Crippen LogP contribution in [-0.2, 0) is 9.53 Å². The molecule has 0 aliphatic heterocycles. The Morgan fingerprint density at radius 2 is 2.13 bits per heavy atom. The first-order valence-corrected chi connectivity index (χ1v) is 4.60. The van der Waals surface area contributed by atoms with E-state index in [2.05, 4.69) is 0 Å². The van der Waals surface area contributed by atoms with Gasteiger partial charge in [-0.25, -0.2) is 4.79 Å². The molecule has 0 spiro atoms. The second-order valence-electron chi connectivity index (χ2n) is 3.48. The fourth-order valence-electron chi connectivity index (χ4n) is 1.27. The molecule has 0 fully saturated rings. The number of nitrogens with zero attached hydrogens (tertiary/aromatic N) is 1. The van der Waals surface area contributed by atoms with Crippen molar-refractivity contribution in [1.82, 2.24) is 4.90 Å². The van der Waals surface area contributed by atoms with E-state index < -0.39 is 5.97 Å². The van der Waals surface area contributed by atoms with E-state index in [9.17, 15) is 4.79 Å². The predicted octanol–water partition coefficient (Wildman–Crippen LogP) is 1.38. The van der Waals surface area contributed by atoms with Gasteiger partial charge in [0.25, 0.3) is 0 Å². The molecule has 1 aliphatic rings. The molecular formula is C11H15NO3. The monoisotopic (exact) mass is 209 g/mol. The van der Waals surface area contributed by atoms with Gasteiger partial charge in [0, 0.05) is 31.8 Å². The molecule has 0 unspecified atom stereocenters. The minimum atomic E-state index is -0.910. The standard InChI is InChI=1S/C11H15NO3/c1-12(2)9-4-5-10(15-3)7-8(6-9)11(13)14/h4-5,7H,6H2,1-3H3,(H,13,14). The van der Waals surface area contributed by atoms with Crippen LogP contribution in [0.4, 0.5) is 0 Å². The van der Waals surface area contributed by atoms with Gasteiger partial charge in [0.15, 0.2) is 0 Å². The van der Waals surface area contributed by atoms with Crippen LogP contribution in [0.2, 0.25) is 0 Å². The van der Waals surface area contributed by atoms with Crippen LogP contribution in [0.3, 0.4) is 0 Å². The predicted molar refractivity (Wildman–Crippen MR) is 57.2 cm³/mol. The summed E-state index contributed by atoms with van der Waals surface area (Å²) in [6, 6.07) is 0. The SMILES string of the molecule is COC1=CC=C(N(C)C)CC(C(=O)O)=C1. The quantitative estimate of drug-likeness (QED) is 0.762. The molecular weight excluding hydrogens is 194 g/mol. The fraction of sp³-hybridized carbons (Fsp3) is 0.364. The zero-order chi connectivity index (χ0) is 11.4. The Balaban J connectivity index is 3.04. The zero-order valence-corrected chi connectivity index (χ0v) is 9.15. The highest BCUT2D eigenvalue weighted by Crippen LogP contribution is 2.19. The number of rotatable bonds is 3. The Morgan fingerprint density at radius 1 is 1.47 bits per heavy atom. The highest BCUT2D eigenvalue weighted by molar-refractivity contribution is 5.87. The van der Waals surface area contributed by atoms with Gasteiger partial charge in [0.2, 0.25) is 0 Å². The molecule has 0 saturated carbocycles. The third-order valence-corrected chi connectivity index (χ3v) is 2.21. The minimum Gasteiger partial charge on any atom is -0.497 e. The number of carboxylic acids is 1. The maximum atomic E-state index is 10.9. The van der Waals surface area contributed by atoms with Crippen molar-refractivity contribution in [2.45, 2.75) is 6.42 Å². The van der Waals surface area contributed by atoms with Crippen molar-refractivity contribution in [2.24, 2.45) is 0 Å². The van der Waals surface area contributed by atoms with E-state index in [0.29, 0.717) is 17.8 Å². The van der Waals surface area contributed by atoms with Crippen molar-refractivity contribution >= 4 is 5.97 Å². The van der Waals surface area contributed by atoms with Gasteiger partial charge >= 0.3 is 5.97 Å². The topological polar surface area (TPSA) is 49.8 Å². The number of ether oxygens (including phenoxy) is 1. The molecule has 0 radical (unpaired) electrons. The largest absolute Gasteiger partial charge is 0.497 e. The summed E-state index contributed by atoms with van der Waals surface area (Å²) in [7, 11) is 5.30. The maximum absolute atomic E-state index is 10.9. The molecule has 0 amide bonds. The summed E-state index contributed by atoms with van der Waals surface area (Å²) in [6.45, 7) is 0. The average molecular weight is 209 g/mol. The molecule has 1 N–H and O–H groups in total. The van der Waals surface area contributed by atoms with Crippen LogP contribution >= 0.6 is 0 Å². The first-order chi connectivity index (χ1) is 7.04. The molecule has 4 nitrogen and oxygen atoms in total. The molecule has 0 aromatic heterocycles. The van der Waals surface area contributed by atoms with E-state index in [1.165, 1.54) is 7.11 Å². The highest BCUT2D eigenvalue weighted by Gasteiger charge is 2.14. The first kappa shape index (κ1) is 11.4. The van der Waals surface area contributed by atoms with Crippen molar-refractivity contribution in [3.8, 4) is 0 Å². The van der Waals surface area contributed by atoms with E-state index >= 15 is 0 Å². The minimum absolute atomic E-state index is 0.334. The molecule has 15 heavy (non-hydrogen) atoms. The Kier molecular flexibility index (Phi) is 3.55. The summed E-state index contributed by atoms with van der Waals surface area (Å²) in [5, 5.41) is 8.98. The Morgan fingerprint density at radius 3 is 2.60 bits per heavy atom. The van der Waals surface area contributed by atoms with Crippen LogP contribution in [0.1, 0.15) is 6.42 Å². The van der Waals surface area contributed by atoms with Crippen LogP contribution in [0.25, 0.3) is 0 Å². The molecule has 1 aliphatic carbocycles. The average Bonchev–Trinajstić information content (AvgIpc) is 2.39. The lowest BCUT2D eigenvalue weighted by Crippen LogP contribution is -2.13. The highest BCUT2D eigenvalue weighted by atomic mass is 16.5. The first-order valence-electron chi connectivity index (χ1n) is 4.60. The third kappa shape index (κ3) is 2.87. The number of hydrogen-bond acceptors (Lipinski definition) is 3. The molecule has 0 heterocycles. The number of methoxy groups -OCH3 is 1.